The van der Waals surface area contributed by atoms with Crippen LogP contribution < -0.4 is 10.4 Å². The molecule has 0 saturated carbocycles. The van der Waals surface area contributed by atoms with E-state index in [0.717, 1.165) is 0 Å². The summed E-state index contributed by atoms with van der Waals surface area (Å²) in [5.41, 5.74) is -0.493. The van der Waals surface area contributed by atoms with Gasteiger partial charge in [-0.05, 0) is 27.7 Å². The van der Waals surface area contributed by atoms with E-state index in [1.165, 1.54) is 5.31 Å². The lowest BCUT2D eigenvalue weighted by atomic mass is 9.92. The largest absolute Gasteiger partial charge is 0.305 e. The number of nitrogens with one attached hydrogen (secondary N) is 2. The van der Waals surface area contributed by atoms with Crippen LogP contribution in [0.1, 0.15) is 27.7 Å². The van der Waals surface area contributed by atoms with E-state index >= 15 is 0 Å². The van der Waals surface area contributed by atoms with Crippen LogP contribution in [0.15, 0.2) is 0 Å². The van der Waals surface area contributed by atoms with E-state index in [2.05, 4.69) is 0 Å². The van der Waals surface area contributed by atoms with Gasteiger partial charge in [-0.3, -0.25) is 0 Å². The van der Waals surface area contributed by atoms with Crippen LogP contribution in [0, 0.1) is 0 Å². The van der Waals surface area contributed by atoms with Crippen molar-refractivity contribution in [3.8, 4) is 0 Å². The molecule has 0 unspecified atom stereocenters. The lowest BCUT2D eigenvalue weighted by Crippen LogP contribution is -3.27. The highest BCUT2D eigenvalue weighted by Crippen LogP contribution is 2.06. The highest BCUT2D eigenvalue weighted by Gasteiger charge is 2.45. The predicted octanol–water partition coefficient (Wildman–Crippen LogP) is -0.579. The summed E-state index contributed by atoms with van der Waals surface area (Å²) >= 11 is 0. The molecular weight excluding hydrogens is 140 g/mol. The van der Waals surface area contributed by atoms with Crippen LogP contribution in [0.25, 0.3) is 0 Å². The molecule has 0 aromatic heterocycles. The number of piperazine rings is 1. The van der Waals surface area contributed by atoms with E-state index in [4.69, 9.17) is 1.41 Å². The van der Waals surface area contributed by atoms with Crippen LogP contribution in [0.5, 0.6) is 0 Å². The summed E-state index contributed by atoms with van der Waals surface area (Å²) in [6.07, 6.45) is 0. The van der Waals surface area contributed by atoms with Crippen molar-refractivity contribution in [2.45, 2.75) is 38.8 Å². The molecule has 1 aliphatic rings. The Morgan fingerprint density at radius 3 is 2.00 bits per heavy atom. The summed E-state index contributed by atoms with van der Waals surface area (Å²) in [5, 5.41) is 11.9. The van der Waals surface area contributed by atoms with Crippen LogP contribution in [0.3, 0.4) is 0 Å². The Morgan fingerprint density at radius 2 is 1.64 bits per heavy atom. The van der Waals surface area contributed by atoms with Gasteiger partial charge in [0, 0.05) is 0 Å². The normalized spacial score (nSPS) is 33.4. The molecule has 66 valence electrons. The van der Waals surface area contributed by atoms with Crippen molar-refractivity contribution in [3.05, 3.63) is 0 Å². The van der Waals surface area contributed by atoms with Crippen LogP contribution in [0.4, 0.5) is 0 Å². The predicted molar refractivity (Wildman–Crippen MR) is 43.8 cm³/mol. The van der Waals surface area contributed by atoms with Gasteiger partial charge in [0.1, 0.15) is 12.5 Å². The highest BCUT2D eigenvalue weighted by atomic mass is 16.5. The van der Waals surface area contributed by atoms with Crippen LogP contribution in [-0.4, -0.2) is 29.4 Å². The van der Waals surface area contributed by atoms with Gasteiger partial charge in [-0.25, -0.2) is 5.21 Å². The van der Waals surface area contributed by atoms with Gasteiger partial charge in [-0.1, -0.05) is 0 Å². The lowest BCUT2D eigenvalue weighted by Gasteiger charge is -2.44. The summed E-state index contributed by atoms with van der Waals surface area (Å²) in [6.45, 7) is 9.13. The molecule has 1 aliphatic heterocycles. The lowest BCUT2D eigenvalue weighted by molar-refractivity contribution is -1.16. The number of rotatable bonds is 0. The molecule has 0 bridgehead atoms. The molecule has 3 N–H and O–H groups in total. The second kappa shape index (κ2) is 2.44. The average Bonchev–Trinajstić information content (AvgIpc) is 1.80. The summed E-state index contributed by atoms with van der Waals surface area (Å²) in [7, 11) is 0. The molecule has 0 spiro atoms. The van der Waals surface area contributed by atoms with Gasteiger partial charge in [0.25, 0.3) is 0 Å². The van der Waals surface area contributed by atoms with E-state index in [1.54, 1.807) is 0 Å². The summed E-state index contributed by atoms with van der Waals surface area (Å²) in [6, 6.07) is 0. The van der Waals surface area contributed by atoms with Crippen molar-refractivity contribution < 1.29 is 11.7 Å². The third-order valence-electron chi connectivity index (χ3n) is 2.30. The molecule has 3 nitrogen and oxygen atoms in total. The first-order chi connectivity index (χ1) is 5.26. The molecule has 1 rings (SSSR count). The van der Waals surface area contributed by atoms with Crippen molar-refractivity contribution in [1.29, 1.82) is 0 Å². The topological polar surface area (TPSA) is 36.7 Å². The molecule has 0 radical (unpaired) electrons. The van der Waals surface area contributed by atoms with E-state index in [1.807, 2.05) is 27.7 Å². The van der Waals surface area contributed by atoms with E-state index < -0.39 is 0 Å². The molecule has 0 aromatic rings. The fraction of sp³-hybridized carbons (Fsp3) is 1.00. The SMILES string of the molecule is [3H]N1CC(C)(C)[NH+](O)C(C)(C)C1. The van der Waals surface area contributed by atoms with Gasteiger partial charge in [0.15, 0.2) is 0 Å². The summed E-state index contributed by atoms with van der Waals surface area (Å²) in [4.78, 5) is 0. The number of hydrogen-bond donors (Lipinski definition) is 3. The molecule has 0 aromatic carbocycles. The number of hydrogen-bond acceptors (Lipinski definition) is 2. The van der Waals surface area contributed by atoms with Crippen molar-refractivity contribution in [1.82, 2.24) is 5.31 Å². The minimum Gasteiger partial charge on any atom is -0.305 e. The monoisotopic (exact) mass is 161 g/mol. The van der Waals surface area contributed by atoms with Gasteiger partial charge in [0.2, 0.25) is 0 Å². The molecular formula is C8H19N2O+. The summed E-state index contributed by atoms with van der Waals surface area (Å²) < 4.78 is 7.58. The Kier molecular flexibility index (Phi) is 1.67. The van der Waals surface area contributed by atoms with Gasteiger partial charge in [-0.2, -0.15) is 5.06 Å². The third kappa shape index (κ3) is 1.55. The zero-order valence-electron chi connectivity index (χ0n) is 8.81. The van der Waals surface area contributed by atoms with E-state index in [-0.39, 0.29) is 11.1 Å². The highest BCUT2D eigenvalue weighted by molar-refractivity contribution is 4.81. The Bertz CT molecular complexity index is 164. The van der Waals surface area contributed by atoms with Gasteiger partial charge in [0.05, 0.1) is 13.1 Å². The maximum atomic E-state index is 9.89. The third-order valence-corrected chi connectivity index (χ3v) is 2.30. The molecule has 1 fully saturated rings. The Balaban J connectivity index is 2.84. The minimum absolute atomic E-state index is 0.247. The second-order valence-electron chi connectivity index (χ2n) is 4.66. The molecule has 1 heterocycles. The maximum absolute atomic E-state index is 9.89. The van der Waals surface area contributed by atoms with Crippen LogP contribution in [-0.2, 0) is 0 Å². The van der Waals surface area contributed by atoms with Crippen molar-refractivity contribution >= 4 is 0 Å². The standard InChI is InChI=1S/C8H18N2O/c1-7(2)5-9-6-8(3,4)10(7)11/h9,11H,5-6H2,1-4H3/p+1/i/hT. The molecule has 0 aliphatic carbocycles. The fourth-order valence-electron chi connectivity index (χ4n) is 1.68. The summed E-state index contributed by atoms with van der Waals surface area (Å²) in [5.74, 6) is 0. The molecule has 3 heteroatoms. The molecule has 1 saturated heterocycles. The van der Waals surface area contributed by atoms with Crippen molar-refractivity contribution in [2.24, 2.45) is 0 Å². The molecule has 11 heavy (non-hydrogen) atoms. The van der Waals surface area contributed by atoms with Gasteiger partial charge >= 0.3 is 0 Å². The van der Waals surface area contributed by atoms with Crippen LogP contribution >= 0.6 is 0 Å². The van der Waals surface area contributed by atoms with Gasteiger partial charge in [-0.15, -0.1) is 0 Å². The average molecular weight is 161 g/mol. The second-order valence-corrected chi connectivity index (χ2v) is 4.66. The Labute approximate surface area is 69.8 Å². The van der Waals surface area contributed by atoms with Gasteiger partial charge < -0.3 is 5.31 Å². The van der Waals surface area contributed by atoms with E-state index in [9.17, 15) is 5.21 Å². The molecule has 0 atom stereocenters. The first-order valence-corrected chi connectivity index (χ1v) is 4.06. The quantitative estimate of drug-likeness (QED) is 0.445. The Hall–Kier alpha value is -0.120. The van der Waals surface area contributed by atoms with Crippen LogP contribution in [0.2, 0.25) is 1.41 Å². The number of hydroxylamine groups is 2. The fourth-order valence-corrected chi connectivity index (χ4v) is 1.68. The van der Waals surface area contributed by atoms with Crippen molar-refractivity contribution in [3.63, 3.8) is 0 Å². The zero-order chi connectivity index (χ0) is 9.57. The molecule has 0 amide bonds. The first kappa shape index (κ1) is 7.53. The maximum Gasteiger partial charge on any atom is 0.134 e. The zero-order valence-corrected chi connectivity index (χ0v) is 7.81. The first-order valence-electron chi connectivity index (χ1n) is 4.51. The van der Waals surface area contributed by atoms with E-state index in [0.29, 0.717) is 18.2 Å². The smallest absolute Gasteiger partial charge is 0.134 e. The van der Waals surface area contributed by atoms with Crippen molar-refractivity contribution in [2.75, 3.05) is 13.1 Å². The minimum atomic E-state index is -0.247. The Morgan fingerprint density at radius 1 is 1.27 bits per heavy atom. The number of quaternary nitrogens is 1.